The molecule has 0 spiro atoms. The first-order valence-electron chi connectivity index (χ1n) is 7.59. The molecular weight excluding hydrogens is 278 g/mol. The highest BCUT2D eigenvalue weighted by atomic mass is 16.6. The van der Waals surface area contributed by atoms with Crippen LogP contribution in [0.15, 0.2) is 48.5 Å². The average Bonchev–Trinajstić information content (AvgIpc) is 2.59. The van der Waals surface area contributed by atoms with Crippen LogP contribution in [-0.2, 0) is 6.54 Å². The molecule has 2 unspecified atom stereocenters. The minimum Gasteiger partial charge on any atom is -0.486 e. The smallest absolute Gasteiger partial charge is 0.161 e. The molecular formula is C18H21NO3. The number of hydrogen-bond acceptors (Lipinski definition) is 4. The molecule has 2 N–H and O–H groups in total. The molecule has 1 heterocycles. The van der Waals surface area contributed by atoms with Crippen molar-refractivity contribution in [3.63, 3.8) is 0 Å². The Morgan fingerprint density at radius 3 is 2.55 bits per heavy atom. The number of fused-ring (bicyclic) bond motifs is 1. The third kappa shape index (κ3) is 3.40. The molecule has 3 rings (SSSR count). The Bertz CT molecular complexity index is 615. The Kier molecular flexibility index (Phi) is 4.61. The lowest BCUT2D eigenvalue weighted by Gasteiger charge is -2.22. The van der Waals surface area contributed by atoms with Crippen LogP contribution in [0, 0.1) is 0 Å². The third-order valence-electron chi connectivity index (χ3n) is 3.85. The van der Waals surface area contributed by atoms with Gasteiger partial charge in [-0.05, 0) is 30.2 Å². The van der Waals surface area contributed by atoms with Gasteiger partial charge in [-0.2, -0.15) is 0 Å². The van der Waals surface area contributed by atoms with E-state index in [0.717, 1.165) is 22.6 Å². The van der Waals surface area contributed by atoms with Crippen molar-refractivity contribution in [1.29, 1.82) is 0 Å². The monoisotopic (exact) mass is 299 g/mol. The van der Waals surface area contributed by atoms with Gasteiger partial charge < -0.3 is 19.9 Å². The second-order valence-corrected chi connectivity index (χ2v) is 5.50. The fourth-order valence-corrected chi connectivity index (χ4v) is 2.53. The Hall–Kier alpha value is -2.04. The second kappa shape index (κ2) is 6.81. The maximum atomic E-state index is 10.4. The average molecular weight is 299 g/mol. The largest absolute Gasteiger partial charge is 0.486 e. The summed E-state index contributed by atoms with van der Waals surface area (Å²) in [7, 11) is 0. The van der Waals surface area contributed by atoms with Gasteiger partial charge in [-0.1, -0.05) is 36.4 Å². The first-order chi connectivity index (χ1) is 10.7. The van der Waals surface area contributed by atoms with Crippen molar-refractivity contribution < 1.29 is 14.6 Å². The lowest BCUT2D eigenvalue weighted by atomic mass is 10.0. The Balaban J connectivity index is 1.60. The zero-order valence-corrected chi connectivity index (χ0v) is 12.7. The number of ether oxygens (including phenoxy) is 2. The molecule has 22 heavy (non-hydrogen) atoms. The van der Waals surface area contributed by atoms with Gasteiger partial charge in [0.2, 0.25) is 0 Å². The van der Waals surface area contributed by atoms with Gasteiger partial charge in [0.1, 0.15) is 13.2 Å². The molecule has 0 saturated carbocycles. The number of nitrogens with one attached hydrogen (secondary N) is 1. The molecule has 2 aromatic rings. The van der Waals surface area contributed by atoms with Gasteiger partial charge in [-0.25, -0.2) is 0 Å². The van der Waals surface area contributed by atoms with Crippen molar-refractivity contribution in [2.45, 2.75) is 25.6 Å². The third-order valence-corrected chi connectivity index (χ3v) is 3.85. The number of aliphatic hydroxyl groups is 1. The summed E-state index contributed by atoms with van der Waals surface area (Å²) in [6.07, 6.45) is -0.529. The molecule has 0 bridgehead atoms. The highest BCUT2D eigenvalue weighted by Gasteiger charge is 2.16. The lowest BCUT2D eigenvalue weighted by Crippen LogP contribution is -2.31. The van der Waals surface area contributed by atoms with E-state index < -0.39 is 6.10 Å². The van der Waals surface area contributed by atoms with Crippen molar-refractivity contribution in [2.24, 2.45) is 0 Å². The summed E-state index contributed by atoms with van der Waals surface area (Å²) in [5, 5.41) is 13.7. The quantitative estimate of drug-likeness (QED) is 0.891. The normalized spacial score (nSPS) is 16.1. The molecule has 0 saturated heterocycles. The van der Waals surface area contributed by atoms with Crippen molar-refractivity contribution in [3.8, 4) is 11.5 Å². The van der Waals surface area contributed by atoms with Crippen LogP contribution in [0.4, 0.5) is 0 Å². The van der Waals surface area contributed by atoms with Crippen LogP contribution < -0.4 is 14.8 Å². The first-order valence-corrected chi connectivity index (χ1v) is 7.59. The van der Waals surface area contributed by atoms with E-state index in [0.29, 0.717) is 19.8 Å². The number of rotatable bonds is 5. The van der Waals surface area contributed by atoms with Gasteiger partial charge in [-0.15, -0.1) is 0 Å². The van der Waals surface area contributed by atoms with Crippen molar-refractivity contribution in [3.05, 3.63) is 59.7 Å². The Morgan fingerprint density at radius 2 is 1.77 bits per heavy atom. The standard InChI is InChI=1S/C18H21NO3/c1-13(18(20)15-5-3-2-4-6-15)19-12-14-7-8-16-17(11-14)22-10-9-21-16/h2-8,11,13,18-20H,9-10,12H2,1H3. The molecule has 0 aromatic heterocycles. The summed E-state index contributed by atoms with van der Waals surface area (Å²) in [4.78, 5) is 0. The van der Waals surface area contributed by atoms with Crippen LogP contribution >= 0.6 is 0 Å². The topological polar surface area (TPSA) is 50.7 Å². The highest BCUT2D eigenvalue weighted by molar-refractivity contribution is 5.43. The van der Waals surface area contributed by atoms with Gasteiger partial charge in [0, 0.05) is 12.6 Å². The van der Waals surface area contributed by atoms with Gasteiger partial charge in [0.25, 0.3) is 0 Å². The molecule has 1 aliphatic heterocycles. The second-order valence-electron chi connectivity index (χ2n) is 5.50. The number of hydrogen-bond donors (Lipinski definition) is 2. The van der Waals surface area contributed by atoms with Gasteiger partial charge in [-0.3, -0.25) is 0 Å². The van der Waals surface area contributed by atoms with E-state index in [1.54, 1.807) is 0 Å². The van der Waals surface area contributed by atoms with E-state index in [4.69, 9.17) is 9.47 Å². The van der Waals surface area contributed by atoms with Crippen LogP contribution in [0.3, 0.4) is 0 Å². The summed E-state index contributed by atoms with van der Waals surface area (Å²) >= 11 is 0. The Labute approximate surface area is 130 Å². The molecule has 0 aliphatic carbocycles. The van der Waals surface area contributed by atoms with E-state index in [1.165, 1.54) is 0 Å². The van der Waals surface area contributed by atoms with E-state index in [9.17, 15) is 5.11 Å². The number of benzene rings is 2. The zero-order chi connectivity index (χ0) is 15.4. The predicted octanol–water partition coefficient (Wildman–Crippen LogP) is 2.67. The lowest BCUT2D eigenvalue weighted by molar-refractivity contribution is 0.135. The molecule has 0 amide bonds. The summed E-state index contributed by atoms with van der Waals surface area (Å²) in [6.45, 7) is 3.84. The van der Waals surface area contributed by atoms with E-state index in [2.05, 4.69) is 5.32 Å². The molecule has 0 radical (unpaired) electrons. The molecule has 116 valence electrons. The molecule has 2 atom stereocenters. The maximum Gasteiger partial charge on any atom is 0.161 e. The summed E-state index contributed by atoms with van der Waals surface area (Å²) < 4.78 is 11.1. The first kappa shape index (κ1) is 14.9. The fraction of sp³-hybridized carbons (Fsp3) is 0.333. The van der Waals surface area contributed by atoms with Gasteiger partial charge >= 0.3 is 0 Å². The SMILES string of the molecule is CC(NCc1ccc2c(c1)OCCO2)C(O)c1ccccc1. The Morgan fingerprint density at radius 1 is 1.05 bits per heavy atom. The molecule has 4 nitrogen and oxygen atoms in total. The van der Waals surface area contributed by atoms with E-state index in [-0.39, 0.29) is 6.04 Å². The van der Waals surface area contributed by atoms with Crippen LogP contribution in [0.1, 0.15) is 24.2 Å². The van der Waals surface area contributed by atoms with E-state index in [1.807, 2.05) is 55.5 Å². The van der Waals surface area contributed by atoms with Crippen LogP contribution in [0.25, 0.3) is 0 Å². The van der Waals surface area contributed by atoms with Crippen LogP contribution in [-0.4, -0.2) is 24.4 Å². The minimum absolute atomic E-state index is 0.0457. The van der Waals surface area contributed by atoms with Crippen LogP contribution in [0.5, 0.6) is 11.5 Å². The van der Waals surface area contributed by atoms with Gasteiger partial charge in [0.15, 0.2) is 11.5 Å². The van der Waals surface area contributed by atoms with Crippen molar-refractivity contribution in [2.75, 3.05) is 13.2 Å². The molecule has 4 heteroatoms. The summed E-state index contributed by atoms with van der Waals surface area (Å²) in [5.41, 5.74) is 2.03. The maximum absolute atomic E-state index is 10.4. The van der Waals surface area contributed by atoms with Crippen molar-refractivity contribution >= 4 is 0 Å². The predicted molar refractivity (Wildman–Crippen MR) is 85.1 cm³/mol. The molecule has 1 aliphatic rings. The fourth-order valence-electron chi connectivity index (χ4n) is 2.53. The minimum atomic E-state index is -0.529. The van der Waals surface area contributed by atoms with E-state index >= 15 is 0 Å². The van der Waals surface area contributed by atoms with Crippen molar-refractivity contribution in [1.82, 2.24) is 5.32 Å². The highest BCUT2D eigenvalue weighted by Crippen LogP contribution is 2.30. The van der Waals surface area contributed by atoms with Crippen LogP contribution in [0.2, 0.25) is 0 Å². The zero-order valence-electron chi connectivity index (χ0n) is 12.7. The number of aliphatic hydroxyl groups excluding tert-OH is 1. The molecule has 0 fully saturated rings. The summed E-state index contributed by atoms with van der Waals surface area (Å²) in [6, 6.07) is 15.6. The van der Waals surface area contributed by atoms with Gasteiger partial charge in [0.05, 0.1) is 6.10 Å². The summed E-state index contributed by atoms with van der Waals surface area (Å²) in [5.74, 6) is 1.59. The molecule has 2 aromatic carbocycles.